The van der Waals surface area contributed by atoms with Crippen molar-refractivity contribution in [2.45, 2.75) is 267 Å². The molecular formula is C61H94O34. The van der Waals surface area contributed by atoms with E-state index in [2.05, 4.69) is 0 Å². The molecule has 95 heavy (non-hydrogen) atoms. The molecule has 5 aliphatic heterocycles. The molecule has 34 heteroatoms. The van der Waals surface area contributed by atoms with E-state index < -0.39 is 258 Å². The maximum absolute atomic E-state index is 14.2. The molecule has 0 radical (unpaired) electrons. The third-order valence-electron chi connectivity index (χ3n) is 19.8. The Morgan fingerprint density at radius 2 is 1.04 bits per heavy atom. The van der Waals surface area contributed by atoms with E-state index >= 15 is 0 Å². The molecule has 0 bridgehead atoms. The van der Waals surface area contributed by atoms with Gasteiger partial charge in [-0.15, -0.1) is 0 Å². The van der Waals surface area contributed by atoms with Gasteiger partial charge in [-0.05, 0) is 88.4 Å². The molecule has 5 heterocycles. The highest BCUT2D eigenvalue weighted by atomic mass is 16.8. The molecule has 34 nitrogen and oxygen atoms in total. The number of aliphatic carboxylic acids is 1. The summed E-state index contributed by atoms with van der Waals surface area (Å²) in [7, 11) is 2.79. The first-order valence-electron chi connectivity index (χ1n) is 32.4. The third-order valence-corrected chi connectivity index (χ3v) is 19.8. The van der Waals surface area contributed by atoms with Gasteiger partial charge in [-0.2, -0.15) is 0 Å². The van der Waals surface area contributed by atoms with Gasteiger partial charge in [0, 0.05) is 38.7 Å². The summed E-state index contributed by atoms with van der Waals surface area (Å²) in [5.74, 6) is -6.75. The van der Waals surface area contributed by atoms with Crippen molar-refractivity contribution in [2.75, 3.05) is 40.6 Å². The van der Waals surface area contributed by atoms with Crippen LogP contribution in [0.1, 0.15) is 83.5 Å². The number of hydrogen-bond acceptors (Lipinski definition) is 33. The standard InChI is InChI=1S/C61H94O34/c1-82-35-13-25(14-36(83-2)45(35)73)6-12-43(71)93-57-55(94-59-53(81)49(77)46(74)38(20-62)90-59)32(67)21-86-60(57)95-56-51(79)48(76)40(22-84-42(70)11-5-24-3-8-27(63)9-4-24)92-61(56)89-37-18-29-33(87-54(37)26-7-10-30(65)31(66)15-26)16-28(64)17-34(29)88-58-52(80)50(78)47(75)39(91-58)23-85-44(72)19-41(68)69/h5-6,11-12,24-40,45-67,73-81H,3-4,7-10,13-23H2,1-2H3,(H,68,69)/t24?,25?,26?,27?,28?,29?,30?,31?,32-,33?,34?,35?,36?,37?,38-,39-,40-,45?,46-,47-,48-,49+,50+,51+,52-,53-,54?,55+,56-,57-,58-,59+,60+,61-/m1/s1. The second-order valence-corrected chi connectivity index (χ2v) is 26.3. The zero-order chi connectivity index (χ0) is 68.7. The minimum absolute atomic E-state index is 0.0258. The highest BCUT2D eigenvalue weighted by Gasteiger charge is 2.58. The number of carboxylic acids is 1. The van der Waals surface area contributed by atoms with Crippen LogP contribution in [0.3, 0.4) is 0 Å². The first-order chi connectivity index (χ1) is 45.2. The normalized spacial score (nSPS) is 46.8. The van der Waals surface area contributed by atoms with Crippen molar-refractivity contribution in [3.63, 3.8) is 0 Å². The van der Waals surface area contributed by atoms with Crippen molar-refractivity contribution in [3.8, 4) is 0 Å². The molecule has 4 saturated carbocycles. The molecule has 542 valence electrons. The second-order valence-electron chi connectivity index (χ2n) is 26.3. The molecule has 11 unspecified atom stereocenters. The fourth-order valence-electron chi connectivity index (χ4n) is 14.3. The Bertz CT molecular complexity index is 2510. The molecule has 30 atom stereocenters. The van der Waals surface area contributed by atoms with Gasteiger partial charge in [0.15, 0.2) is 31.3 Å². The molecule has 0 aromatic heterocycles. The lowest BCUT2D eigenvalue weighted by atomic mass is 9.72. The van der Waals surface area contributed by atoms with Crippen LogP contribution in [0.25, 0.3) is 0 Å². The summed E-state index contributed by atoms with van der Waals surface area (Å²) in [6.07, 6.45) is -40.2. The maximum atomic E-state index is 14.2. The number of fused-ring (bicyclic) bond motifs is 1. The molecule has 0 aromatic rings. The van der Waals surface area contributed by atoms with E-state index in [4.69, 9.17) is 71.4 Å². The van der Waals surface area contributed by atoms with Gasteiger partial charge in [0.05, 0.1) is 74.3 Å². The average molecular weight is 1370 g/mol. The van der Waals surface area contributed by atoms with Crippen molar-refractivity contribution in [3.05, 3.63) is 24.3 Å². The number of allylic oxidation sites excluding steroid dienone is 2. The van der Waals surface area contributed by atoms with E-state index in [9.17, 15) is 95.8 Å². The maximum Gasteiger partial charge on any atom is 0.330 e. The minimum Gasteiger partial charge on any atom is -0.481 e. The molecule has 5 saturated heterocycles. The topological polar surface area (TPSA) is 521 Å². The lowest BCUT2D eigenvalue weighted by molar-refractivity contribution is -0.383. The van der Waals surface area contributed by atoms with E-state index in [-0.39, 0.29) is 57.3 Å². The molecular weight excluding hydrogens is 1280 g/mol. The van der Waals surface area contributed by atoms with Gasteiger partial charge in [0.25, 0.3) is 0 Å². The van der Waals surface area contributed by atoms with E-state index in [1.54, 1.807) is 6.08 Å². The van der Waals surface area contributed by atoms with Gasteiger partial charge < -0.3 is 148 Å². The van der Waals surface area contributed by atoms with Gasteiger partial charge in [-0.1, -0.05) is 12.2 Å². The number of rotatable bonds is 23. The van der Waals surface area contributed by atoms with E-state index in [0.717, 1.165) is 6.08 Å². The largest absolute Gasteiger partial charge is 0.481 e. The van der Waals surface area contributed by atoms with Crippen LogP contribution in [-0.2, 0) is 85.5 Å². The number of esters is 3. The molecule has 9 fully saturated rings. The van der Waals surface area contributed by atoms with Gasteiger partial charge in [0.2, 0.25) is 0 Å². The number of carbonyl (C=O) groups excluding carboxylic acids is 3. The van der Waals surface area contributed by atoms with Crippen LogP contribution >= 0.6 is 0 Å². The van der Waals surface area contributed by atoms with Crippen molar-refractivity contribution in [1.82, 2.24) is 0 Å². The summed E-state index contributed by atoms with van der Waals surface area (Å²) in [5.41, 5.74) is 0. The monoisotopic (exact) mass is 1370 g/mol. The lowest BCUT2D eigenvalue weighted by Gasteiger charge is -2.53. The highest BCUT2D eigenvalue weighted by molar-refractivity contribution is 5.90. The summed E-state index contributed by atoms with van der Waals surface area (Å²) >= 11 is 0. The van der Waals surface area contributed by atoms with Crippen molar-refractivity contribution in [1.29, 1.82) is 0 Å². The Morgan fingerprint density at radius 3 is 1.68 bits per heavy atom. The molecule has 0 spiro atoms. The number of ether oxygens (including phenoxy) is 14. The second kappa shape index (κ2) is 34.1. The minimum atomic E-state index is -2.14. The summed E-state index contributed by atoms with van der Waals surface area (Å²) in [4.78, 5) is 50.8. The van der Waals surface area contributed by atoms with Gasteiger partial charge in [-0.3, -0.25) is 9.59 Å². The van der Waals surface area contributed by atoms with Crippen LogP contribution in [0.2, 0.25) is 0 Å². The summed E-state index contributed by atoms with van der Waals surface area (Å²) in [5, 5.41) is 175. The number of methoxy groups -OCH3 is 2. The number of aliphatic hydroxyl groups is 15. The van der Waals surface area contributed by atoms with Crippen LogP contribution in [0.5, 0.6) is 0 Å². The Balaban J connectivity index is 1.04. The quantitative estimate of drug-likeness (QED) is 0.0196. The number of hydrogen-bond donors (Lipinski definition) is 16. The predicted molar refractivity (Wildman–Crippen MR) is 308 cm³/mol. The molecule has 0 amide bonds. The molecule has 16 N–H and O–H groups in total. The van der Waals surface area contributed by atoms with Gasteiger partial charge in [0.1, 0.15) is 111 Å². The van der Waals surface area contributed by atoms with Crippen LogP contribution in [0.15, 0.2) is 24.3 Å². The first-order valence-corrected chi connectivity index (χ1v) is 32.4. The highest BCUT2D eigenvalue weighted by Crippen LogP contribution is 2.46. The van der Waals surface area contributed by atoms with Crippen molar-refractivity contribution in [2.24, 2.45) is 23.7 Å². The first kappa shape index (κ1) is 75.5. The molecule has 4 aliphatic carbocycles. The summed E-state index contributed by atoms with van der Waals surface area (Å²) in [6, 6.07) is 0. The number of carboxylic acid groups (broad SMARTS) is 1. The lowest BCUT2D eigenvalue weighted by Crippen LogP contribution is -2.66. The summed E-state index contributed by atoms with van der Waals surface area (Å²) < 4.78 is 84.1. The van der Waals surface area contributed by atoms with Crippen LogP contribution < -0.4 is 0 Å². The number of carbonyl (C=O) groups is 4. The van der Waals surface area contributed by atoms with Crippen LogP contribution in [0, 0.1) is 23.7 Å². The van der Waals surface area contributed by atoms with Crippen LogP contribution in [0.4, 0.5) is 0 Å². The van der Waals surface area contributed by atoms with Gasteiger partial charge in [-0.25, -0.2) is 9.59 Å². The molecule has 0 aromatic carbocycles. The van der Waals surface area contributed by atoms with Gasteiger partial charge >= 0.3 is 23.9 Å². The molecule has 9 aliphatic rings. The Kier molecular flexibility index (Phi) is 27.1. The molecule has 9 rings (SSSR count). The van der Waals surface area contributed by atoms with Crippen molar-refractivity contribution < 1.29 is 167 Å². The average Bonchev–Trinajstić information content (AvgIpc) is 0.771. The van der Waals surface area contributed by atoms with E-state index in [1.165, 1.54) is 26.4 Å². The fraction of sp³-hybridized carbons (Fsp3) is 0.869. The zero-order valence-electron chi connectivity index (χ0n) is 52.5. The zero-order valence-corrected chi connectivity index (χ0v) is 52.5. The SMILES string of the molecule is COC1CC(C=CC(=O)O[C@H]2[C@H](O[C@H]3[C@H](OC4CC5C(CC(O)CC5O[C@@H]5O[C@H](COC(=O)CC(=O)O)[C@@H](O)[C@H](O)[C@H]5O)OC4C4CCC(O)C(O)C4)O[C@H](COC(=O)C=CC4CCC(O)CC4)[C@@H](O)[C@@H]3O)OC[C@@H](O)[C@@H]2O[C@@H]2O[C@H](CO)[C@@H](O)[C@H](O)[C@H]2O)CC(OC)C1O. The Hall–Kier alpha value is -3.68. The summed E-state index contributed by atoms with van der Waals surface area (Å²) in [6.45, 7) is -3.15. The fourth-order valence-corrected chi connectivity index (χ4v) is 14.3. The van der Waals surface area contributed by atoms with E-state index in [1.807, 2.05) is 0 Å². The Labute approximate surface area is 545 Å². The third kappa shape index (κ3) is 18.7. The van der Waals surface area contributed by atoms with E-state index in [0.29, 0.717) is 25.7 Å². The smallest absolute Gasteiger partial charge is 0.330 e. The number of aliphatic hydroxyl groups excluding tert-OH is 15. The Morgan fingerprint density at radius 1 is 0.463 bits per heavy atom. The predicted octanol–water partition coefficient (Wildman–Crippen LogP) is -6.31. The van der Waals surface area contributed by atoms with Crippen LogP contribution in [-0.4, -0.2) is 330 Å². The van der Waals surface area contributed by atoms with Crippen molar-refractivity contribution >= 4 is 23.9 Å².